The van der Waals surface area contributed by atoms with Gasteiger partial charge in [0.1, 0.15) is 0 Å². The third-order valence-corrected chi connectivity index (χ3v) is 4.62. The van der Waals surface area contributed by atoms with Gasteiger partial charge in [-0.25, -0.2) is 0 Å². The molecule has 118 valence electrons. The molecule has 20 heavy (non-hydrogen) atoms. The molecule has 2 fully saturated rings. The summed E-state index contributed by atoms with van der Waals surface area (Å²) in [7, 11) is 1.80. The minimum atomic E-state index is 0.388. The molecular formula is C16H32N2O2. The zero-order valence-corrected chi connectivity index (χ0v) is 13.5. The molecule has 4 nitrogen and oxygen atoms in total. The number of nitrogens with one attached hydrogen (secondary N) is 1. The quantitative estimate of drug-likeness (QED) is 0.701. The zero-order chi connectivity index (χ0) is 14.4. The largest absolute Gasteiger partial charge is 0.383 e. The topological polar surface area (TPSA) is 33.7 Å². The molecule has 0 aromatic rings. The van der Waals surface area contributed by atoms with Gasteiger partial charge in [0, 0.05) is 52.0 Å². The number of nitrogens with zero attached hydrogens (tertiary/aromatic N) is 1. The highest BCUT2D eigenvalue weighted by Crippen LogP contribution is 2.35. The molecule has 0 unspecified atom stereocenters. The summed E-state index contributed by atoms with van der Waals surface area (Å²) in [5, 5.41) is 3.66. The van der Waals surface area contributed by atoms with Crippen LogP contribution in [0, 0.1) is 5.41 Å². The molecule has 0 atom stereocenters. The Morgan fingerprint density at radius 1 is 1.30 bits per heavy atom. The summed E-state index contributed by atoms with van der Waals surface area (Å²) in [5.41, 5.74) is 0.388. The maximum Gasteiger partial charge on any atom is 0.0589 e. The van der Waals surface area contributed by atoms with E-state index in [0.29, 0.717) is 11.5 Å². The average Bonchev–Trinajstić information content (AvgIpc) is 3.27. The van der Waals surface area contributed by atoms with Gasteiger partial charge >= 0.3 is 0 Å². The highest BCUT2D eigenvalue weighted by atomic mass is 16.5. The molecule has 1 aliphatic heterocycles. The lowest BCUT2D eigenvalue weighted by Crippen LogP contribution is -2.49. The molecule has 0 bridgehead atoms. The van der Waals surface area contributed by atoms with Crippen LogP contribution in [0.15, 0.2) is 0 Å². The Bertz CT molecular complexity index is 274. The van der Waals surface area contributed by atoms with Crippen LogP contribution in [-0.4, -0.2) is 63.5 Å². The Balaban J connectivity index is 1.93. The molecule has 1 heterocycles. The Morgan fingerprint density at radius 2 is 2.00 bits per heavy atom. The van der Waals surface area contributed by atoms with Crippen molar-refractivity contribution in [3.63, 3.8) is 0 Å². The van der Waals surface area contributed by atoms with Gasteiger partial charge in [-0.15, -0.1) is 0 Å². The molecule has 0 radical (unpaired) electrons. The first kappa shape index (κ1) is 16.2. The normalized spacial score (nSPS) is 22.6. The van der Waals surface area contributed by atoms with Crippen LogP contribution in [0.25, 0.3) is 0 Å². The fourth-order valence-electron chi connectivity index (χ4n) is 3.09. The number of hydrogen-bond donors (Lipinski definition) is 1. The highest BCUT2D eigenvalue weighted by molar-refractivity contribution is 4.93. The SMILES string of the molecule is COCCN(CC1(CNC(C)C)CCOCC1)C1CC1. The van der Waals surface area contributed by atoms with E-state index < -0.39 is 0 Å². The number of rotatable bonds is 9. The van der Waals surface area contributed by atoms with E-state index >= 15 is 0 Å². The van der Waals surface area contributed by atoms with Crippen LogP contribution in [0.2, 0.25) is 0 Å². The predicted octanol–water partition coefficient (Wildman–Crippen LogP) is 1.89. The van der Waals surface area contributed by atoms with Crippen molar-refractivity contribution < 1.29 is 9.47 Å². The summed E-state index contributed by atoms with van der Waals surface area (Å²) in [6.45, 7) is 10.5. The Hall–Kier alpha value is -0.160. The van der Waals surface area contributed by atoms with Crippen molar-refractivity contribution >= 4 is 0 Å². The molecule has 1 saturated heterocycles. The van der Waals surface area contributed by atoms with E-state index in [0.717, 1.165) is 39.0 Å². The van der Waals surface area contributed by atoms with Crippen LogP contribution >= 0.6 is 0 Å². The molecule has 1 N–H and O–H groups in total. The molecule has 0 amide bonds. The van der Waals surface area contributed by atoms with E-state index in [9.17, 15) is 0 Å². The fourth-order valence-corrected chi connectivity index (χ4v) is 3.09. The molecule has 2 aliphatic rings. The highest BCUT2D eigenvalue weighted by Gasteiger charge is 2.38. The smallest absolute Gasteiger partial charge is 0.0589 e. The summed E-state index contributed by atoms with van der Waals surface area (Å²) < 4.78 is 10.9. The number of methoxy groups -OCH3 is 1. The second-order valence-electron chi connectivity index (χ2n) is 6.84. The van der Waals surface area contributed by atoms with Gasteiger partial charge in [-0.2, -0.15) is 0 Å². The van der Waals surface area contributed by atoms with Crippen LogP contribution in [-0.2, 0) is 9.47 Å². The van der Waals surface area contributed by atoms with Crippen molar-refractivity contribution in [1.82, 2.24) is 10.2 Å². The van der Waals surface area contributed by atoms with Gasteiger partial charge in [-0.3, -0.25) is 4.90 Å². The van der Waals surface area contributed by atoms with E-state index in [1.165, 1.54) is 32.2 Å². The standard InChI is InChI=1S/C16H32N2O2/c1-14(2)17-12-16(6-9-20-10-7-16)13-18(8-11-19-3)15-4-5-15/h14-15,17H,4-13H2,1-3H3. The van der Waals surface area contributed by atoms with E-state index in [4.69, 9.17) is 9.47 Å². The van der Waals surface area contributed by atoms with Crippen molar-refractivity contribution in [3.8, 4) is 0 Å². The monoisotopic (exact) mass is 284 g/mol. The van der Waals surface area contributed by atoms with Crippen LogP contribution in [0.5, 0.6) is 0 Å². The van der Waals surface area contributed by atoms with Crippen molar-refractivity contribution in [1.29, 1.82) is 0 Å². The molecule has 2 rings (SSSR count). The third kappa shape index (κ3) is 4.99. The van der Waals surface area contributed by atoms with Crippen LogP contribution in [0.3, 0.4) is 0 Å². The first-order valence-electron chi connectivity index (χ1n) is 8.19. The van der Waals surface area contributed by atoms with Crippen molar-refractivity contribution in [2.45, 2.75) is 51.6 Å². The molecule has 1 aliphatic carbocycles. The van der Waals surface area contributed by atoms with Gasteiger partial charge in [0.05, 0.1) is 6.61 Å². The van der Waals surface area contributed by atoms with Crippen molar-refractivity contribution in [3.05, 3.63) is 0 Å². The maximum absolute atomic E-state index is 5.60. The molecule has 0 spiro atoms. The molecule has 1 saturated carbocycles. The maximum atomic E-state index is 5.60. The van der Waals surface area contributed by atoms with Crippen LogP contribution in [0.1, 0.15) is 39.5 Å². The third-order valence-electron chi connectivity index (χ3n) is 4.62. The molecular weight excluding hydrogens is 252 g/mol. The van der Waals surface area contributed by atoms with Gasteiger partial charge in [0.2, 0.25) is 0 Å². The Morgan fingerprint density at radius 3 is 2.55 bits per heavy atom. The lowest BCUT2D eigenvalue weighted by atomic mass is 9.79. The predicted molar refractivity (Wildman–Crippen MR) is 82.1 cm³/mol. The zero-order valence-electron chi connectivity index (χ0n) is 13.5. The minimum absolute atomic E-state index is 0.388. The fraction of sp³-hybridized carbons (Fsp3) is 1.00. The van der Waals surface area contributed by atoms with Crippen LogP contribution in [0.4, 0.5) is 0 Å². The first-order chi connectivity index (χ1) is 9.65. The lowest BCUT2D eigenvalue weighted by Gasteiger charge is -2.42. The first-order valence-corrected chi connectivity index (χ1v) is 8.19. The van der Waals surface area contributed by atoms with E-state index in [1.54, 1.807) is 7.11 Å². The van der Waals surface area contributed by atoms with Gasteiger partial charge < -0.3 is 14.8 Å². The van der Waals surface area contributed by atoms with Crippen molar-refractivity contribution in [2.75, 3.05) is 46.6 Å². The number of ether oxygens (including phenoxy) is 2. The van der Waals surface area contributed by atoms with Gasteiger partial charge in [0.15, 0.2) is 0 Å². The summed E-state index contributed by atoms with van der Waals surface area (Å²) in [5.74, 6) is 0. The second-order valence-corrected chi connectivity index (χ2v) is 6.84. The number of hydrogen-bond acceptors (Lipinski definition) is 4. The van der Waals surface area contributed by atoms with E-state index in [-0.39, 0.29) is 0 Å². The molecule has 0 aromatic heterocycles. The minimum Gasteiger partial charge on any atom is -0.383 e. The summed E-state index contributed by atoms with van der Waals surface area (Å²) >= 11 is 0. The second kappa shape index (κ2) is 7.74. The van der Waals surface area contributed by atoms with Crippen LogP contribution < -0.4 is 5.32 Å². The summed E-state index contributed by atoms with van der Waals surface area (Å²) in [6, 6.07) is 1.37. The lowest BCUT2D eigenvalue weighted by molar-refractivity contribution is -0.0101. The molecule has 0 aromatic carbocycles. The molecule has 4 heteroatoms. The van der Waals surface area contributed by atoms with Gasteiger partial charge in [-0.05, 0) is 31.1 Å². The van der Waals surface area contributed by atoms with E-state index in [2.05, 4.69) is 24.1 Å². The summed E-state index contributed by atoms with van der Waals surface area (Å²) in [6.07, 6.45) is 5.10. The Labute approximate surface area is 124 Å². The van der Waals surface area contributed by atoms with E-state index in [1.807, 2.05) is 0 Å². The van der Waals surface area contributed by atoms with Crippen molar-refractivity contribution in [2.24, 2.45) is 5.41 Å². The average molecular weight is 284 g/mol. The van der Waals surface area contributed by atoms with Gasteiger partial charge in [-0.1, -0.05) is 13.8 Å². The van der Waals surface area contributed by atoms with Gasteiger partial charge in [0.25, 0.3) is 0 Å². The summed E-state index contributed by atoms with van der Waals surface area (Å²) in [4.78, 5) is 2.66. The Kier molecular flexibility index (Phi) is 6.27.